The summed E-state index contributed by atoms with van der Waals surface area (Å²) in [5.41, 5.74) is -0.383. The molecular weight excluding hydrogens is 304 g/mol. The number of ether oxygens (including phenoxy) is 1. The van der Waals surface area contributed by atoms with E-state index in [1.165, 1.54) is 4.90 Å². The molecule has 3 fully saturated rings. The molecule has 24 heavy (non-hydrogen) atoms. The van der Waals surface area contributed by atoms with Crippen molar-refractivity contribution in [2.24, 2.45) is 11.8 Å². The van der Waals surface area contributed by atoms with Gasteiger partial charge in [-0.25, -0.2) is 4.90 Å². The quantitative estimate of drug-likeness (QED) is 0.758. The number of fused-ring (bicyclic) bond motifs is 6. The van der Waals surface area contributed by atoms with Crippen LogP contribution in [0.5, 0.6) is 0 Å². The molecule has 0 saturated carbocycles. The first kappa shape index (κ1) is 14.1. The van der Waals surface area contributed by atoms with Crippen LogP contribution in [0.1, 0.15) is 26.7 Å². The second kappa shape index (κ2) is 4.22. The molecule has 0 aliphatic carbocycles. The Bertz CT molecular complexity index is 871. The Hall–Kier alpha value is -2.27. The molecule has 122 valence electrons. The Kier molecular flexibility index (Phi) is 2.48. The predicted octanol–water partition coefficient (Wildman–Crippen LogP) is 2.68. The Morgan fingerprint density at radius 3 is 2.42 bits per heavy atom. The summed E-state index contributed by atoms with van der Waals surface area (Å²) >= 11 is 0. The monoisotopic (exact) mass is 322 g/mol. The van der Waals surface area contributed by atoms with E-state index in [9.17, 15) is 9.59 Å². The third-order valence-corrected chi connectivity index (χ3v) is 6.10. The number of hydrogen-bond acceptors (Lipinski definition) is 4. The highest BCUT2D eigenvalue weighted by molar-refractivity contribution is 6.25. The van der Waals surface area contributed by atoms with Crippen LogP contribution in [0, 0.1) is 11.8 Å². The molecule has 4 heterocycles. The van der Waals surface area contributed by atoms with Crippen molar-refractivity contribution in [3.05, 3.63) is 36.7 Å². The van der Waals surface area contributed by atoms with E-state index in [0.29, 0.717) is 5.69 Å². The molecule has 4 atom stereocenters. The molecule has 1 aromatic heterocycles. The van der Waals surface area contributed by atoms with Gasteiger partial charge in [0.05, 0.1) is 28.7 Å². The highest BCUT2D eigenvalue weighted by Crippen LogP contribution is 2.61. The van der Waals surface area contributed by atoms with E-state index in [2.05, 4.69) is 4.98 Å². The molecule has 2 amide bonds. The number of benzene rings is 1. The zero-order valence-corrected chi connectivity index (χ0v) is 13.7. The maximum absolute atomic E-state index is 13.2. The third kappa shape index (κ3) is 1.51. The van der Waals surface area contributed by atoms with Gasteiger partial charge in [-0.2, -0.15) is 0 Å². The number of pyridine rings is 1. The molecule has 3 aliphatic heterocycles. The summed E-state index contributed by atoms with van der Waals surface area (Å²) < 4.78 is 6.15. The number of carbonyl (C=O) groups is 2. The molecule has 5 nitrogen and oxygen atoms in total. The molecule has 5 rings (SSSR count). The summed E-state index contributed by atoms with van der Waals surface area (Å²) in [5, 5.41) is 1.79. The van der Waals surface area contributed by atoms with E-state index in [1.54, 1.807) is 12.4 Å². The minimum atomic E-state index is -0.521. The van der Waals surface area contributed by atoms with Gasteiger partial charge >= 0.3 is 0 Å². The van der Waals surface area contributed by atoms with Crippen molar-refractivity contribution >= 4 is 28.3 Å². The molecule has 3 aliphatic rings. The largest absolute Gasteiger partial charge is 0.367 e. The van der Waals surface area contributed by atoms with Gasteiger partial charge in [-0.05, 0) is 38.8 Å². The molecule has 0 N–H and O–H groups in total. The summed E-state index contributed by atoms with van der Waals surface area (Å²) in [7, 11) is 0. The van der Waals surface area contributed by atoms with E-state index in [-0.39, 0.29) is 23.7 Å². The van der Waals surface area contributed by atoms with Gasteiger partial charge in [0.25, 0.3) is 0 Å². The van der Waals surface area contributed by atoms with Crippen LogP contribution in [0.3, 0.4) is 0 Å². The molecule has 2 bridgehead atoms. The molecule has 0 radical (unpaired) electrons. The van der Waals surface area contributed by atoms with Gasteiger partial charge in [-0.15, -0.1) is 0 Å². The predicted molar refractivity (Wildman–Crippen MR) is 88.3 cm³/mol. The summed E-state index contributed by atoms with van der Waals surface area (Å²) in [6.07, 6.45) is 5.10. The van der Waals surface area contributed by atoms with Crippen LogP contribution in [0.15, 0.2) is 36.7 Å². The zero-order valence-electron chi connectivity index (χ0n) is 13.7. The Morgan fingerprint density at radius 2 is 1.75 bits per heavy atom. The van der Waals surface area contributed by atoms with Crippen LogP contribution < -0.4 is 4.90 Å². The van der Waals surface area contributed by atoms with Crippen LogP contribution >= 0.6 is 0 Å². The number of anilines is 1. The fraction of sp³-hybridized carbons (Fsp3) is 0.421. The van der Waals surface area contributed by atoms with Gasteiger partial charge < -0.3 is 4.74 Å². The number of imide groups is 1. The lowest BCUT2D eigenvalue weighted by molar-refractivity contribution is -0.129. The second-order valence-electron chi connectivity index (χ2n) is 7.57. The summed E-state index contributed by atoms with van der Waals surface area (Å²) in [6, 6.07) is 7.50. The molecular formula is C19H18N2O3. The van der Waals surface area contributed by atoms with Crippen molar-refractivity contribution in [2.45, 2.75) is 37.9 Å². The lowest BCUT2D eigenvalue weighted by atomic mass is 9.69. The fourth-order valence-corrected chi connectivity index (χ4v) is 5.01. The van der Waals surface area contributed by atoms with E-state index >= 15 is 0 Å². The van der Waals surface area contributed by atoms with Crippen molar-refractivity contribution < 1.29 is 14.3 Å². The van der Waals surface area contributed by atoms with Gasteiger partial charge in [0, 0.05) is 23.2 Å². The maximum atomic E-state index is 13.2. The molecule has 3 saturated heterocycles. The number of nitrogens with zero attached hydrogens (tertiary/aromatic N) is 2. The smallest absolute Gasteiger partial charge is 0.240 e. The molecule has 5 heteroatoms. The number of carbonyl (C=O) groups excluding carboxylic acids is 2. The highest BCUT2D eigenvalue weighted by atomic mass is 16.5. The van der Waals surface area contributed by atoms with Gasteiger partial charge in [0.2, 0.25) is 11.8 Å². The summed E-state index contributed by atoms with van der Waals surface area (Å²) in [6.45, 7) is 3.95. The van der Waals surface area contributed by atoms with Crippen LogP contribution in [0.25, 0.3) is 10.8 Å². The van der Waals surface area contributed by atoms with Crippen LogP contribution in [-0.2, 0) is 14.3 Å². The Balaban J connectivity index is 1.69. The first-order valence-electron chi connectivity index (χ1n) is 8.35. The average molecular weight is 322 g/mol. The fourth-order valence-electron chi connectivity index (χ4n) is 5.01. The minimum Gasteiger partial charge on any atom is -0.367 e. The second-order valence-corrected chi connectivity index (χ2v) is 7.57. The van der Waals surface area contributed by atoms with Crippen LogP contribution in [0.2, 0.25) is 0 Å². The standard InChI is InChI=1S/C19H18N2O3/c1-18-7-8-19(2,24-18)15-14(18)16(22)21(17(15)23)13-5-3-4-11-10-20-9-6-12(11)13/h3-6,9-10,14-15H,7-8H2,1-2H3/t14-,15+,18-,19?/m1/s1. The van der Waals surface area contributed by atoms with E-state index in [0.717, 1.165) is 23.6 Å². The van der Waals surface area contributed by atoms with E-state index in [4.69, 9.17) is 4.74 Å². The average Bonchev–Trinajstić information content (AvgIpc) is 3.11. The van der Waals surface area contributed by atoms with Gasteiger partial charge in [-0.1, -0.05) is 12.1 Å². The summed E-state index contributed by atoms with van der Waals surface area (Å²) in [4.78, 5) is 31.9. The SMILES string of the molecule is CC12CC[C@@](C)(O1)[C@H]1C(=O)N(c3cccc4cnccc34)C(=O)[C@H]12. The number of amides is 2. The van der Waals surface area contributed by atoms with E-state index in [1.807, 2.05) is 38.1 Å². The van der Waals surface area contributed by atoms with Gasteiger partial charge in [-0.3, -0.25) is 14.6 Å². The molecule has 1 aromatic carbocycles. The Morgan fingerprint density at radius 1 is 1.08 bits per heavy atom. The lowest BCUT2D eigenvalue weighted by Gasteiger charge is -2.27. The molecule has 0 spiro atoms. The topological polar surface area (TPSA) is 59.5 Å². The normalized spacial score (nSPS) is 37.5. The van der Waals surface area contributed by atoms with Crippen molar-refractivity contribution in [2.75, 3.05) is 4.90 Å². The van der Waals surface area contributed by atoms with Crippen molar-refractivity contribution in [1.29, 1.82) is 0 Å². The van der Waals surface area contributed by atoms with E-state index < -0.39 is 11.2 Å². The molecule has 2 aromatic rings. The molecule has 1 unspecified atom stereocenters. The number of rotatable bonds is 1. The van der Waals surface area contributed by atoms with Crippen LogP contribution in [-0.4, -0.2) is 28.0 Å². The minimum absolute atomic E-state index is 0.125. The van der Waals surface area contributed by atoms with Gasteiger partial charge in [0.15, 0.2) is 0 Å². The zero-order chi connectivity index (χ0) is 16.7. The number of aromatic nitrogens is 1. The highest BCUT2D eigenvalue weighted by Gasteiger charge is 2.72. The first-order chi connectivity index (χ1) is 11.4. The van der Waals surface area contributed by atoms with Gasteiger partial charge in [0.1, 0.15) is 0 Å². The van der Waals surface area contributed by atoms with Crippen molar-refractivity contribution in [3.63, 3.8) is 0 Å². The Labute approximate surface area is 139 Å². The first-order valence-corrected chi connectivity index (χ1v) is 8.35. The lowest BCUT2D eigenvalue weighted by Crippen LogP contribution is -2.40. The third-order valence-electron chi connectivity index (χ3n) is 6.10. The van der Waals surface area contributed by atoms with Crippen molar-refractivity contribution in [1.82, 2.24) is 4.98 Å². The van der Waals surface area contributed by atoms with Crippen LogP contribution in [0.4, 0.5) is 5.69 Å². The number of hydrogen-bond donors (Lipinski definition) is 0. The maximum Gasteiger partial charge on any atom is 0.240 e. The van der Waals surface area contributed by atoms with Crippen molar-refractivity contribution in [3.8, 4) is 0 Å². The summed E-state index contributed by atoms with van der Waals surface area (Å²) in [5.74, 6) is -0.998.